The van der Waals surface area contributed by atoms with Gasteiger partial charge in [-0.25, -0.2) is 0 Å². The van der Waals surface area contributed by atoms with Crippen molar-refractivity contribution in [3.8, 4) is 5.75 Å². The molecular formula is C18H17Cl2NO3S. The van der Waals surface area contributed by atoms with Gasteiger partial charge >= 0.3 is 0 Å². The molecule has 0 spiro atoms. The number of benzene rings is 2. The summed E-state index contributed by atoms with van der Waals surface area (Å²) < 4.78 is 5.55. The van der Waals surface area contributed by atoms with Crippen molar-refractivity contribution in [1.82, 2.24) is 0 Å². The van der Waals surface area contributed by atoms with E-state index in [9.17, 15) is 9.59 Å². The number of Topliss-reactive ketones (excluding diaryl/α,β-unsaturated/α-hetero) is 1. The Morgan fingerprint density at radius 3 is 2.32 bits per heavy atom. The zero-order valence-corrected chi connectivity index (χ0v) is 15.9. The van der Waals surface area contributed by atoms with Gasteiger partial charge in [-0.05, 0) is 43.3 Å². The Hall–Kier alpha value is -1.69. The summed E-state index contributed by atoms with van der Waals surface area (Å²) in [6.45, 7) is 1.90. The summed E-state index contributed by atoms with van der Waals surface area (Å²) in [6, 6.07) is 12.0. The van der Waals surface area contributed by atoms with Gasteiger partial charge in [0.25, 0.3) is 0 Å². The molecule has 2 aromatic rings. The molecule has 0 aliphatic carbocycles. The van der Waals surface area contributed by atoms with Gasteiger partial charge in [0.2, 0.25) is 5.91 Å². The summed E-state index contributed by atoms with van der Waals surface area (Å²) in [5.41, 5.74) is 1.28. The lowest BCUT2D eigenvalue weighted by atomic mass is 10.1. The standard InChI is InChI=1S/C18H17Cl2NO3S/c1-12(22)13-5-7-14(8-6-13)21-17(23)11-25-10-9-24-18-15(19)3-2-4-16(18)20/h2-8H,9-11H2,1H3,(H,21,23). The predicted octanol–water partition coefficient (Wildman–Crippen LogP) is 4.95. The first-order valence-corrected chi connectivity index (χ1v) is 9.44. The SMILES string of the molecule is CC(=O)c1ccc(NC(=O)CSCCOc2c(Cl)cccc2Cl)cc1. The molecule has 0 unspecified atom stereocenters. The summed E-state index contributed by atoms with van der Waals surface area (Å²) >= 11 is 13.5. The number of nitrogens with one attached hydrogen (secondary N) is 1. The minimum atomic E-state index is -0.114. The Morgan fingerprint density at radius 2 is 1.72 bits per heavy atom. The first-order chi connectivity index (χ1) is 12.0. The number of anilines is 1. The topological polar surface area (TPSA) is 55.4 Å². The molecular weight excluding hydrogens is 381 g/mol. The Bertz CT molecular complexity index is 730. The van der Waals surface area contributed by atoms with Gasteiger partial charge in [-0.2, -0.15) is 0 Å². The number of carbonyl (C=O) groups excluding carboxylic acids is 2. The number of para-hydroxylation sites is 1. The van der Waals surface area contributed by atoms with E-state index < -0.39 is 0 Å². The van der Waals surface area contributed by atoms with Crippen molar-refractivity contribution in [2.24, 2.45) is 0 Å². The van der Waals surface area contributed by atoms with E-state index in [4.69, 9.17) is 27.9 Å². The normalized spacial score (nSPS) is 10.4. The van der Waals surface area contributed by atoms with Gasteiger partial charge < -0.3 is 10.1 Å². The second kappa shape index (κ2) is 9.70. The highest BCUT2D eigenvalue weighted by Crippen LogP contribution is 2.32. The van der Waals surface area contributed by atoms with Gasteiger partial charge in [-0.15, -0.1) is 11.8 Å². The van der Waals surface area contributed by atoms with Crippen LogP contribution < -0.4 is 10.1 Å². The lowest BCUT2D eigenvalue weighted by Gasteiger charge is -2.09. The molecule has 0 radical (unpaired) electrons. The molecule has 4 nitrogen and oxygen atoms in total. The van der Waals surface area contributed by atoms with E-state index in [1.165, 1.54) is 18.7 Å². The fraction of sp³-hybridized carbons (Fsp3) is 0.222. The highest BCUT2D eigenvalue weighted by atomic mass is 35.5. The van der Waals surface area contributed by atoms with Gasteiger partial charge in [0.15, 0.2) is 11.5 Å². The highest BCUT2D eigenvalue weighted by molar-refractivity contribution is 7.99. The third kappa shape index (κ3) is 6.27. The van der Waals surface area contributed by atoms with Crippen LogP contribution in [0.2, 0.25) is 10.0 Å². The smallest absolute Gasteiger partial charge is 0.234 e. The Kier molecular flexibility index (Phi) is 7.62. The molecule has 0 aromatic heterocycles. The van der Waals surface area contributed by atoms with Crippen LogP contribution in [0.3, 0.4) is 0 Å². The van der Waals surface area contributed by atoms with E-state index in [-0.39, 0.29) is 11.7 Å². The van der Waals surface area contributed by atoms with Crippen LogP contribution in [-0.4, -0.2) is 29.8 Å². The maximum Gasteiger partial charge on any atom is 0.234 e. The van der Waals surface area contributed by atoms with Crippen LogP contribution in [0.4, 0.5) is 5.69 Å². The van der Waals surface area contributed by atoms with Gasteiger partial charge in [0.1, 0.15) is 0 Å². The molecule has 132 valence electrons. The summed E-state index contributed by atoms with van der Waals surface area (Å²) in [6.07, 6.45) is 0. The number of rotatable bonds is 8. The summed E-state index contributed by atoms with van der Waals surface area (Å²) in [5.74, 6) is 1.26. The second-order valence-corrected chi connectivity index (χ2v) is 7.05. The van der Waals surface area contributed by atoms with Crippen LogP contribution in [0.1, 0.15) is 17.3 Å². The molecule has 0 heterocycles. The molecule has 1 N–H and O–H groups in total. The molecule has 0 saturated carbocycles. The van der Waals surface area contributed by atoms with Gasteiger partial charge in [-0.1, -0.05) is 29.3 Å². The monoisotopic (exact) mass is 397 g/mol. The third-order valence-corrected chi connectivity index (χ3v) is 4.72. The van der Waals surface area contributed by atoms with Crippen LogP contribution in [0, 0.1) is 0 Å². The first kappa shape index (κ1) is 19.6. The van der Waals surface area contributed by atoms with Crippen molar-refractivity contribution in [1.29, 1.82) is 0 Å². The van der Waals surface area contributed by atoms with Crippen molar-refractivity contribution in [2.75, 3.05) is 23.4 Å². The lowest BCUT2D eigenvalue weighted by Crippen LogP contribution is -2.15. The molecule has 0 saturated heterocycles. The van der Waals surface area contributed by atoms with Crippen molar-refractivity contribution in [3.63, 3.8) is 0 Å². The molecule has 0 aliphatic heterocycles. The summed E-state index contributed by atoms with van der Waals surface area (Å²) in [5, 5.41) is 3.71. The zero-order chi connectivity index (χ0) is 18.2. The summed E-state index contributed by atoms with van der Waals surface area (Å²) in [4.78, 5) is 23.1. The number of hydrogen-bond acceptors (Lipinski definition) is 4. The number of halogens is 2. The van der Waals surface area contributed by atoms with Gasteiger partial charge in [0, 0.05) is 17.0 Å². The fourth-order valence-corrected chi connectivity index (χ4v) is 3.08. The van der Waals surface area contributed by atoms with E-state index in [1.54, 1.807) is 42.5 Å². The number of hydrogen-bond donors (Lipinski definition) is 1. The minimum Gasteiger partial charge on any atom is -0.490 e. The van der Waals surface area contributed by atoms with Crippen molar-refractivity contribution in [3.05, 3.63) is 58.1 Å². The third-order valence-electron chi connectivity index (χ3n) is 3.20. The quantitative estimate of drug-likeness (QED) is 0.505. The highest BCUT2D eigenvalue weighted by Gasteiger charge is 2.07. The Morgan fingerprint density at radius 1 is 1.08 bits per heavy atom. The van der Waals surface area contributed by atoms with E-state index in [0.29, 0.717) is 45.2 Å². The molecule has 2 rings (SSSR count). The van der Waals surface area contributed by atoms with E-state index in [2.05, 4.69) is 5.32 Å². The minimum absolute atomic E-state index is 0.00736. The van der Waals surface area contributed by atoms with E-state index >= 15 is 0 Å². The van der Waals surface area contributed by atoms with Crippen LogP contribution >= 0.6 is 35.0 Å². The largest absolute Gasteiger partial charge is 0.490 e. The van der Waals surface area contributed by atoms with Crippen molar-refractivity contribution < 1.29 is 14.3 Å². The molecule has 0 atom stereocenters. The van der Waals surface area contributed by atoms with Crippen LogP contribution in [0.25, 0.3) is 0 Å². The average molecular weight is 398 g/mol. The number of carbonyl (C=O) groups is 2. The average Bonchev–Trinajstić information content (AvgIpc) is 2.57. The van der Waals surface area contributed by atoms with E-state index in [1.807, 2.05) is 0 Å². The van der Waals surface area contributed by atoms with Crippen LogP contribution in [0.15, 0.2) is 42.5 Å². The fourth-order valence-electron chi connectivity index (χ4n) is 1.97. The summed E-state index contributed by atoms with van der Waals surface area (Å²) in [7, 11) is 0. The van der Waals surface area contributed by atoms with Crippen LogP contribution in [0.5, 0.6) is 5.75 Å². The Labute approximate surface area is 160 Å². The first-order valence-electron chi connectivity index (χ1n) is 7.53. The maximum atomic E-state index is 11.9. The predicted molar refractivity (Wildman–Crippen MR) is 104 cm³/mol. The molecule has 2 aromatic carbocycles. The molecule has 0 aliphatic rings. The van der Waals surface area contributed by atoms with Crippen molar-refractivity contribution in [2.45, 2.75) is 6.92 Å². The number of thioether (sulfide) groups is 1. The van der Waals surface area contributed by atoms with Gasteiger partial charge in [0.05, 0.1) is 22.4 Å². The molecule has 0 bridgehead atoms. The molecule has 1 amide bonds. The van der Waals surface area contributed by atoms with Crippen molar-refractivity contribution >= 4 is 52.3 Å². The number of ketones is 1. The number of ether oxygens (including phenoxy) is 1. The van der Waals surface area contributed by atoms with E-state index in [0.717, 1.165) is 0 Å². The lowest BCUT2D eigenvalue weighted by molar-refractivity contribution is -0.113. The maximum absolute atomic E-state index is 11.9. The second-order valence-electron chi connectivity index (χ2n) is 5.13. The van der Waals surface area contributed by atoms with Gasteiger partial charge in [-0.3, -0.25) is 9.59 Å². The Balaban J connectivity index is 1.69. The molecule has 0 fully saturated rings. The molecule has 7 heteroatoms. The zero-order valence-electron chi connectivity index (χ0n) is 13.6. The number of amides is 1. The van der Waals surface area contributed by atoms with Crippen LogP contribution in [-0.2, 0) is 4.79 Å². The molecule has 25 heavy (non-hydrogen) atoms.